The van der Waals surface area contributed by atoms with Crippen LogP contribution in [0.1, 0.15) is 19.3 Å². The van der Waals surface area contributed by atoms with Crippen molar-refractivity contribution in [1.82, 2.24) is 4.90 Å². The molecule has 1 heterocycles. The smallest absolute Gasteiger partial charge is 0.309 e. The predicted octanol–water partition coefficient (Wildman–Crippen LogP) is 1.14. The number of carbonyl (C=O) groups excluding carboxylic acids is 1. The Morgan fingerprint density at radius 2 is 2.07 bits per heavy atom. The van der Waals surface area contributed by atoms with Crippen LogP contribution in [0.15, 0.2) is 0 Å². The fourth-order valence-electron chi connectivity index (χ4n) is 2.60. The van der Waals surface area contributed by atoms with Crippen molar-refractivity contribution in [3.8, 4) is 0 Å². The molecular weight excluding hydrogens is 178 g/mol. The minimum atomic E-state index is 0.00926. The molecule has 0 aromatic carbocycles. The summed E-state index contributed by atoms with van der Waals surface area (Å²) in [7, 11) is 3.65. The third-order valence-electron chi connectivity index (χ3n) is 3.59. The molecule has 3 heteroatoms. The molecule has 2 atom stereocenters. The van der Waals surface area contributed by atoms with Crippen LogP contribution in [-0.4, -0.2) is 38.1 Å². The molecule has 2 rings (SSSR count). The standard InChI is InChI=1S/C11H19NO2/c1-12-6-5-9(11(13)14-2)10(7-12)8-3-4-8/h8-10H,3-7H2,1-2H3. The third kappa shape index (κ3) is 1.92. The molecule has 2 fully saturated rings. The van der Waals surface area contributed by atoms with Gasteiger partial charge in [0, 0.05) is 6.54 Å². The number of carbonyl (C=O) groups is 1. The molecule has 0 amide bonds. The molecule has 0 spiro atoms. The highest BCUT2D eigenvalue weighted by Crippen LogP contribution is 2.43. The van der Waals surface area contributed by atoms with Gasteiger partial charge in [0.25, 0.3) is 0 Å². The Kier molecular flexibility index (Phi) is 2.77. The van der Waals surface area contributed by atoms with Gasteiger partial charge in [0.05, 0.1) is 13.0 Å². The second-order valence-corrected chi connectivity index (χ2v) is 4.68. The number of piperidine rings is 1. The van der Waals surface area contributed by atoms with Gasteiger partial charge in [-0.15, -0.1) is 0 Å². The maximum Gasteiger partial charge on any atom is 0.309 e. The summed E-state index contributed by atoms with van der Waals surface area (Å²) in [6, 6.07) is 0. The van der Waals surface area contributed by atoms with Crippen LogP contribution in [0.25, 0.3) is 0 Å². The average molecular weight is 197 g/mol. The summed E-state index contributed by atoms with van der Waals surface area (Å²) in [5.41, 5.74) is 0. The van der Waals surface area contributed by atoms with Gasteiger partial charge in [-0.2, -0.15) is 0 Å². The molecule has 0 N–H and O–H groups in total. The lowest BCUT2D eigenvalue weighted by Gasteiger charge is -2.35. The molecule has 14 heavy (non-hydrogen) atoms. The fraction of sp³-hybridized carbons (Fsp3) is 0.909. The Hall–Kier alpha value is -0.570. The molecule has 0 aromatic heterocycles. The van der Waals surface area contributed by atoms with Crippen molar-refractivity contribution in [3.05, 3.63) is 0 Å². The second kappa shape index (κ2) is 3.89. The monoisotopic (exact) mass is 197 g/mol. The van der Waals surface area contributed by atoms with Gasteiger partial charge in [-0.3, -0.25) is 4.79 Å². The van der Waals surface area contributed by atoms with Crippen molar-refractivity contribution < 1.29 is 9.53 Å². The van der Waals surface area contributed by atoms with E-state index in [9.17, 15) is 4.79 Å². The number of rotatable bonds is 2. The minimum Gasteiger partial charge on any atom is -0.469 e. The first-order valence-electron chi connectivity index (χ1n) is 5.48. The van der Waals surface area contributed by atoms with E-state index in [1.807, 2.05) is 0 Å². The van der Waals surface area contributed by atoms with E-state index in [1.165, 1.54) is 20.0 Å². The summed E-state index contributed by atoms with van der Waals surface area (Å²) >= 11 is 0. The first-order valence-corrected chi connectivity index (χ1v) is 5.48. The van der Waals surface area contributed by atoms with Crippen molar-refractivity contribution in [2.24, 2.45) is 17.8 Å². The van der Waals surface area contributed by atoms with E-state index >= 15 is 0 Å². The molecule has 1 saturated carbocycles. The van der Waals surface area contributed by atoms with Crippen molar-refractivity contribution in [2.75, 3.05) is 27.2 Å². The first-order chi connectivity index (χ1) is 6.72. The van der Waals surface area contributed by atoms with Gasteiger partial charge in [-0.25, -0.2) is 0 Å². The van der Waals surface area contributed by atoms with Crippen LogP contribution < -0.4 is 0 Å². The summed E-state index contributed by atoms with van der Waals surface area (Å²) in [6.45, 7) is 2.10. The predicted molar refractivity (Wildman–Crippen MR) is 53.8 cm³/mol. The van der Waals surface area contributed by atoms with E-state index in [1.54, 1.807) is 0 Å². The second-order valence-electron chi connectivity index (χ2n) is 4.68. The Bertz CT molecular complexity index is 225. The summed E-state index contributed by atoms with van der Waals surface area (Å²) in [5, 5.41) is 0. The average Bonchev–Trinajstić information content (AvgIpc) is 3.00. The minimum absolute atomic E-state index is 0.00926. The maximum absolute atomic E-state index is 11.6. The molecule has 1 aliphatic heterocycles. The Balaban J connectivity index is 2.01. The van der Waals surface area contributed by atoms with Crippen LogP contribution in [0.2, 0.25) is 0 Å². The van der Waals surface area contributed by atoms with E-state index in [4.69, 9.17) is 4.74 Å². The molecule has 0 aromatic rings. The van der Waals surface area contributed by atoms with Crippen LogP contribution >= 0.6 is 0 Å². The summed E-state index contributed by atoms with van der Waals surface area (Å²) in [4.78, 5) is 13.9. The van der Waals surface area contributed by atoms with Crippen LogP contribution in [0.5, 0.6) is 0 Å². The zero-order valence-corrected chi connectivity index (χ0v) is 9.03. The Labute approximate surface area is 85.4 Å². The van der Waals surface area contributed by atoms with Crippen LogP contribution in [0.4, 0.5) is 0 Å². The Morgan fingerprint density at radius 1 is 1.36 bits per heavy atom. The number of methoxy groups -OCH3 is 1. The van der Waals surface area contributed by atoms with E-state index in [0.29, 0.717) is 5.92 Å². The van der Waals surface area contributed by atoms with Gasteiger partial charge >= 0.3 is 5.97 Å². The topological polar surface area (TPSA) is 29.5 Å². The quantitative estimate of drug-likeness (QED) is 0.622. The summed E-state index contributed by atoms with van der Waals surface area (Å²) in [6.07, 6.45) is 3.60. The fourth-order valence-corrected chi connectivity index (χ4v) is 2.60. The molecule has 2 unspecified atom stereocenters. The first kappa shape index (κ1) is 9.97. The number of likely N-dealkylation sites (tertiary alicyclic amines) is 1. The van der Waals surface area contributed by atoms with Gasteiger partial charge in [-0.1, -0.05) is 0 Å². The lowest BCUT2D eigenvalue weighted by molar-refractivity contribution is -0.149. The number of hydrogen-bond acceptors (Lipinski definition) is 3. The summed E-state index contributed by atoms with van der Waals surface area (Å²) in [5.74, 6) is 1.53. The molecular formula is C11H19NO2. The van der Waals surface area contributed by atoms with Gasteiger partial charge in [0.15, 0.2) is 0 Å². The van der Waals surface area contributed by atoms with E-state index in [0.717, 1.165) is 25.4 Å². The zero-order chi connectivity index (χ0) is 10.1. The third-order valence-corrected chi connectivity index (χ3v) is 3.59. The molecule has 0 bridgehead atoms. The molecule has 1 aliphatic carbocycles. The number of nitrogens with zero attached hydrogens (tertiary/aromatic N) is 1. The lowest BCUT2D eigenvalue weighted by atomic mass is 9.82. The highest BCUT2D eigenvalue weighted by Gasteiger charge is 2.42. The molecule has 80 valence electrons. The van der Waals surface area contributed by atoms with Crippen molar-refractivity contribution >= 4 is 5.97 Å². The van der Waals surface area contributed by atoms with Gasteiger partial charge < -0.3 is 9.64 Å². The van der Waals surface area contributed by atoms with Gasteiger partial charge in [0.1, 0.15) is 0 Å². The molecule has 1 saturated heterocycles. The highest BCUT2D eigenvalue weighted by atomic mass is 16.5. The summed E-state index contributed by atoms with van der Waals surface area (Å²) < 4.78 is 4.88. The Morgan fingerprint density at radius 3 is 2.64 bits per heavy atom. The van der Waals surface area contributed by atoms with Gasteiger partial charge in [0.2, 0.25) is 0 Å². The van der Waals surface area contributed by atoms with Crippen LogP contribution in [0, 0.1) is 17.8 Å². The zero-order valence-electron chi connectivity index (χ0n) is 9.03. The lowest BCUT2D eigenvalue weighted by Crippen LogP contribution is -2.42. The highest BCUT2D eigenvalue weighted by molar-refractivity contribution is 5.72. The van der Waals surface area contributed by atoms with Crippen molar-refractivity contribution in [3.63, 3.8) is 0 Å². The van der Waals surface area contributed by atoms with E-state index < -0.39 is 0 Å². The normalized spacial score (nSPS) is 34.1. The van der Waals surface area contributed by atoms with E-state index in [-0.39, 0.29) is 11.9 Å². The number of hydrogen-bond donors (Lipinski definition) is 0. The largest absolute Gasteiger partial charge is 0.469 e. The molecule has 2 aliphatic rings. The number of esters is 1. The SMILES string of the molecule is COC(=O)C1CCN(C)CC1C1CC1. The van der Waals surface area contributed by atoms with Gasteiger partial charge in [-0.05, 0) is 44.7 Å². The number of ether oxygens (including phenoxy) is 1. The van der Waals surface area contributed by atoms with Crippen molar-refractivity contribution in [1.29, 1.82) is 0 Å². The van der Waals surface area contributed by atoms with Crippen molar-refractivity contribution in [2.45, 2.75) is 19.3 Å². The van der Waals surface area contributed by atoms with E-state index in [2.05, 4.69) is 11.9 Å². The molecule has 3 nitrogen and oxygen atoms in total. The molecule has 0 radical (unpaired) electrons. The van der Waals surface area contributed by atoms with Crippen LogP contribution in [0.3, 0.4) is 0 Å². The maximum atomic E-state index is 11.6. The van der Waals surface area contributed by atoms with Crippen LogP contribution in [-0.2, 0) is 9.53 Å².